The van der Waals surface area contributed by atoms with E-state index < -0.39 is 0 Å². The average molecular weight is 248 g/mol. The molecule has 3 aromatic rings. The summed E-state index contributed by atoms with van der Waals surface area (Å²) in [5.74, 6) is 2.21. The highest BCUT2D eigenvalue weighted by atomic mass is 31.0. The first-order valence-corrected chi connectivity index (χ1v) is 6.97. The first-order chi connectivity index (χ1) is 8.93. The number of benzene rings is 2. The van der Waals surface area contributed by atoms with Crippen LogP contribution in [0.2, 0.25) is 0 Å². The van der Waals surface area contributed by atoms with Gasteiger partial charge < -0.3 is 0 Å². The molecule has 0 bridgehead atoms. The normalized spacial score (nSPS) is 10.7. The van der Waals surface area contributed by atoms with Gasteiger partial charge in [-0.2, -0.15) is 0 Å². The van der Waals surface area contributed by atoms with Crippen LogP contribution in [0.5, 0.6) is 0 Å². The van der Waals surface area contributed by atoms with Gasteiger partial charge in [-0.1, -0.05) is 68.9 Å². The van der Waals surface area contributed by atoms with E-state index in [1.54, 1.807) is 0 Å². The molecule has 0 saturated heterocycles. The molecule has 1 heterocycles. The maximum atomic E-state index is 2.28. The third-order valence-corrected chi connectivity index (χ3v) is 3.90. The fourth-order valence-electron chi connectivity index (χ4n) is 2.01. The van der Waals surface area contributed by atoms with Gasteiger partial charge in [0.2, 0.25) is 0 Å². The summed E-state index contributed by atoms with van der Waals surface area (Å²) >= 11 is 0. The molecule has 0 N–H and O–H groups in total. The van der Waals surface area contributed by atoms with Gasteiger partial charge in [0.25, 0.3) is 0 Å². The third-order valence-electron chi connectivity index (χ3n) is 2.94. The minimum absolute atomic E-state index is 1.27. The van der Waals surface area contributed by atoms with Crippen LogP contribution < -0.4 is 0 Å². The lowest BCUT2D eigenvalue weighted by atomic mass is 10.1. The molecular weight excluding hydrogens is 235 g/mol. The van der Waals surface area contributed by atoms with Crippen LogP contribution in [0.15, 0.2) is 78.6 Å². The van der Waals surface area contributed by atoms with Crippen molar-refractivity contribution in [3.63, 3.8) is 0 Å². The Labute approximate surface area is 109 Å². The SMILES string of the molecule is c1ccc(-c2ccpc(-c3ccccc3)c2)cc1. The van der Waals surface area contributed by atoms with Gasteiger partial charge >= 0.3 is 0 Å². The van der Waals surface area contributed by atoms with Gasteiger partial charge in [0, 0.05) is 5.30 Å². The summed E-state index contributed by atoms with van der Waals surface area (Å²) in [7, 11) is 1.27. The minimum Gasteiger partial charge on any atom is -0.0678 e. The number of rotatable bonds is 2. The van der Waals surface area contributed by atoms with Gasteiger partial charge in [-0.25, -0.2) is 0 Å². The van der Waals surface area contributed by atoms with Gasteiger partial charge in [0.1, 0.15) is 0 Å². The highest BCUT2D eigenvalue weighted by Crippen LogP contribution is 2.32. The molecule has 0 aliphatic heterocycles. The lowest BCUT2D eigenvalue weighted by Crippen LogP contribution is -1.77. The van der Waals surface area contributed by atoms with Crippen molar-refractivity contribution in [1.29, 1.82) is 0 Å². The molecule has 0 unspecified atom stereocenters. The van der Waals surface area contributed by atoms with Crippen LogP contribution in [0, 0.1) is 0 Å². The molecule has 0 aliphatic carbocycles. The van der Waals surface area contributed by atoms with Crippen LogP contribution in [0.4, 0.5) is 0 Å². The van der Waals surface area contributed by atoms with Crippen molar-refractivity contribution in [2.45, 2.75) is 0 Å². The van der Waals surface area contributed by atoms with E-state index in [2.05, 4.69) is 78.6 Å². The van der Waals surface area contributed by atoms with Gasteiger partial charge in [-0.15, -0.1) is 0 Å². The van der Waals surface area contributed by atoms with Crippen LogP contribution in [-0.2, 0) is 0 Å². The molecule has 0 radical (unpaired) electrons. The maximum absolute atomic E-state index is 2.28. The Morgan fingerprint density at radius 3 is 1.83 bits per heavy atom. The molecule has 18 heavy (non-hydrogen) atoms. The van der Waals surface area contributed by atoms with Crippen LogP contribution >= 0.6 is 8.19 Å². The average Bonchev–Trinajstić information content (AvgIpc) is 2.49. The summed E-state index contributed by atoms with van der Waals surface area (Å²) in [6.45, 7) is 0. The van der Waals surface area contributed by atoms with Crippen molar-refractivity contribution < 1.29 is 0 Å². The van der Waals surface area contributed by atoms with Crippen molar-refractivity contribution in [3.8, 4) is 22.0 Å². The highest BCUT2D eigenvalue weighted by molar-refractivity contribution is 7.33. The van der Waals surface area contributed by atoms with E-state index in [9.17, 15) is 0 Å². The second kappa shape index (κ2) is 5.16. The molecule has 0 saturated carbocycles. The van der Waals surface area contributed by atoms with E-state index in [0.29, 0.717) is 0 Å². The Kier molecular flexibility index (Phi) is 3.21. The summed E-state index contributed by atoms with van der Waals surface area (Å²) in [6.07, 6.45) is 0. The van der Waals surface area contributed by atoms with E-state index in [1.165, 1.54) is 30.2 Å². The first-order valence-electron chi connectivity index (χ1n) is 6.00. The van der Waals surface area contributed by atoms with Crippen molar-refractivity contribution in [3.05, 3.63) is 78.6 Å². The zero-order chi connectivity index (χ0) is 12.2. The van der Waals surface area contributed by atoms with Crippen LogP contribution in [-0.4, -0.2) is 0 Å². The van der Waals surface area contributed by atoms with Gasteiger partial charge in [-0.05, 0) is 34.6 Å². The number of hydrogen-bond donors (Lipinski definition) is 0. The summed E-state index contributed by atoms with van der Waals surface area (Å²) in [4.78, 5) is 0. The molecule has 0 fully saturated rings. The van der Waals surface area contributed by atoms with E-state index in [4.69, 9.17) is 0 Å². The summed E-state index contributed by atoms with van der Waals surface area (Å²) in [6, 6.07) is 25.6. The standard InChI is InChI=1S/C17H13P/c1-3-7-14(8-4-1)16-11-12-18-17(13-16)15-9-5-2-6-10-15/h1-13H. The monoisotopic (exact) mass is 248 g/mol. The Morgan fingerprint density at radius 1 is 0.556 bits per heavy atom. The zero-order valence-corrected chi connectivity index (χ0v) is 10.8. The van der Waals surface area contributed by atoms with Gasteiger partial charge in [0.05, 0.1) is 0 Å². The van der Waals surface area contributed by atoms with Crippen LogP contribution in [0.25, 0.3) is 22.0 Å². The van der Waals surface area contributed by atoms with E-state index in [0.717, 1.165) is 0 Å². The van der Waals surface area contributed by atoms with Crippen LogP contribution in [0.1, 0.15) is 0 Å². The molecule has 0 aliphatic rings. The molecule has 0 amide bonds. The molecule has 0 atom stereocenters. The summed E-state index contributed by atoms with van der Waals surface area (Å²) < 4.78 is 0. The fraction of sp³-hybridized carbons (Fsp3) is 0. The lowest BCUT2D eigenvalue weighted by molar-refractivity contribution is 1.64. The smallest absolute Gasteiger partial charge is 0.00963 e. The minimum atomic E-state index is 1.27. The predicted octanol–water partition coefficient (Wildman–Crippen LogP) is 5.60. The molecule has 1 heteroatoms. The third kappa shape index (κ3) is 2.34. The topological polar surface area (TPSA) is 0 Å². The van der Waals surface area contributed by atoms with Gasteiger partial charge in [-0.3, -0.25) is 0 Å². The first kappa shape index (κ1) is 11.2. The highest BCUT2D eigenvalue weighted by Gasteiger charge is 2.00. The molecular formula is C17H13P. The van der Waals surface area contributed by atoms with Crippen molar-refractivity contribution in [2.24, 2.45) is 0 Å². The quantitative estimate of drug-likeness (QED) is 0.553. The summed E-state index contributed by atoms with van der Waals surface area (Å²) in [5.41, 5.74) is 3.86. The Bertz CT molecular complexity index is 575. The fourth-order valence-corrected chi connectivity index (χ4v) is 2.91. The Morgan fingerprint density at radius 2 is 1.17 bits per heavy atom. The molecule has 3 rings (SSSR count). The molecule has 86 valence electrons. The van der Waals surface area contributed by atoms with Crippen molar-refractivity contribution >= 4 is 8.19 Å². The Hall–Kier alpha value is -1.91. The second-order valence-corrected chi connectivity index (χ2v) is 5.20. The van der Waals surface area contributed by atoms with E-state index in [-0.39, 0.29) is 0 Å². The number of hydrogen-bond acceptors (Lipinski definition) is 0. The maximum Gasteiger partial charge on any atom is 0.00963 e. The largest absolute Gasteiger partial charge is 0.0678 e. The molecule has 1 aromatic heterocycles. The Balaban J connectivity index is 2.05. The van der Waals surface area contributed by atoms with Crippen molar-refractivity contribution in [2.75, 3.05) is 0 Å². The molecule has 0 spiro atoms. The van der Waals surface area contributed by atoms with Gasteiger partial charge in [0.15, 0.2) is 0 Å². The molecule has 2 aromatic carbocycles. The van der Waals surface area contributed by atoms with Crippen LogP contribution in [0.3, 0.4) is 0 Å². The van der Waals surface area contributed by atoms with Crippen molar-refractivity contribution in [1.82, 2.24) is 0 Å². The summed E-state index contributed by atoms with van der Waals surface area (Å²) in [5, 5.41) is 1.36. The van der Waals surface area contributed by atoms with E-state index in [1.807, 2.05) is 0 Å². The molecule has 0 nitrogen and oxygen atoms in total. The van der Waals surface area contributed by atoms with E-state index >= 15 is 0 Å². The predicted molar refractivity (Wildman–Crippen MR) is 79.8 cm³/mol. The zero-order valence-electron chi connectivity index (χ0n) is 9.95. The second-order valence-electron chi connectivity index (χ2n) is 4.16. The lowest BCUT2D eigenvalue weighted by Gasteiger charge is -2.05.